The monoisotopic (exact) mass is 264 g/mol. The van der Waals surface area contributed by atoms with Crippen LogP contribution >= 0.6 is 0 Å². The average Bonchev–Trinajstić information content (AvgIpc) is 2.41. The molecule has 1 atom stereocenters. The van der Waals surface area contributed by atoms with Crippen molar-refractivity contribution in [1.82, 2.24) is 10.6 Å². The zero-order valence-corrected chi connectivity index (χ0v) is 11.1. The highest BCUT2D eigenvalue weighted by Crippen LogP contribution is 2.33. The van der Waals surface area contributed by atoms with Crippen LogP contribution in [0.2, 0.25) is 0 Å². The molecule has 2 N–H and O–H groups in total. The van der Waals surface area contributed by atoms with E-state index in [4.69, 9.17) is 9.47 Å². The molecule has 1 unspecified atom stereocenters. The van der Waals surface area contributed by atoms with Crippen LogP contribution in [0, 0.1) is 6.92 Å². The number of hydrogen-bond donors (Lipinski definition) is 2. The Morgan fingerprint density at radius 2 is 1.74 bits per heavy atom. The zero-order chi connectivity index (χ0) is 14.0. The van der Waals surface area contributed by atoms with Gasteiger partial charge in [0.05, 0.1) is 20.3 Å². The molecule has 0 spiro atoms. The van der Waals surface area contributed by atoms with E-state index in [1.165, 1.54) is 0 Å². The van der Waals surface area contributed by atoms with E-state index >= 15 is 0 Å². The van der Waals surface area contributed by atoms with Crippen molar-refractivity contribution in [3.8, 4) is 11.5 Å². The number of hydrogen-bond acceptors (Lipinski definition) is 4. The average molecular weight is 264 g/mol. The summed E-state index contributed by atoms with van der Waals surface area (Å²) in [5.41, 5.74) is 1.85. The van der Waals surface area contributed by atoms with Crippen molar-refractivity contribution in [1.29, 1.82) is 0 Å². The van der Waals surface area contributed by atoms with E-state index in [2.05, 4.69) is 10.6 Å². The molecule has 2 amide bonds. The minimum Gasteiger partial charge on any atom is -0.493 e. The highest BCUT2D eigenvalue weighted by molar-refractivity contribution is 6.35. The smallest absolute Gasteiger partial charge is 0.309 e. The van der Waals surface area contributed by atoms with Crippen molar-refractivity contribution in [3.63, 3.8) is 0 Å². The van der Waals surface area contributed by atoms with Crippen molar-refractivity contribution >= 4 is 11.8 Å². The summed E-state index contributed by atoms with van der Waals surface area (Å²) >= 11 is 0. The van der Waals surface area contributed by atoms with E-state index in [1.54, 1.807) is 14.2 Å². The van der Waals surface area contributed by atoms with Gasteiger partial charge in [-0.2, -0.15) is 0 Å². The summed E-state index contributed by atoms with van der Waals surface area (Å²) in [6, 6.07) is 3.40. The lowest BCUT2D eigenvalue weighted by Crippen LogP contribution is -2.51. The van der Waals surface area contributed by atoms with Gasteiger partial charge in [-0.3, -0.25) is 9.59 Å². The van der Waals surface area contributed by atoms with Gasteiger partial charge in [-0.05, 0) is 30.2 Å². The fourth-order valence-electron chi connectivity index (χ4n) is 2.11. The van der Waals surface area contributed by atoms with Gasteiger partial charge in [0.25, 0.3) is 0 Å². The summed E-state index contributed by atoms with van der Waals surface area (Å²) < 4.78 is 10.5. The first-order valence-corrected chi connectivity index (χ1v) is 5.88. The number of carbonyl (C=O) groups is 2. The van der Waals surface area contributed by atoms with Crippen molar-refractivity contribution in [3.05, 3.63) is 23.3 Å². The molecule has 1 aromatic carbocycles. The fourth-order valence-corrected chi connectivity index (χ4v) is 2.11. The summed E-state index contributed by atoms with van der Waals surface area (Å²) in [6.07, 6.45) is 0. The molecule has 0 saturated carbocycles. The first-order chi connectivity index (χ1) is 9.06. The molecule has 0 bridgehead atoms. The third kappa shape index (κ3) is 2.47. The summed E-state index contributed by atoms with van der Waals surface area (Å²) in [5.74, 6) is 0.00369. The van der Waals surface area contributed by atoms with Crippen LogP contribution in [-0.2, 0) is 9.59 Å². The molecular weight excluding hydrogens is 248 g/mol. The minimum atomic E-state index is -0.620. The highest BCUT2D eigenvalue weighted by Gasteiger charge is 2.27. The van der Waals surface area contributed by atoms with Crippen molar-refractivity contribution < 1.29 is 19.1 Å². The molecule has 1 aromatic rings. The summed E-state index contributed by atoms with van der Waals surface area (Å²) in [5, 5.41) is 5.22. The first-order valence-electron chi connectivity index (χ1n) is 5.88. The molecule has 1 saturated heterocycles. The van der Waals surface area contributed by atoms with Crippen LogP contribution in [0.15, 0.2) is 12.1 Å². The lowest BCUT2D eigenvalue weighted by molar-refractivity contribution is -0.141. The second-order valence-corrected chi connectivity index (χ2v) is 4.30. The molecule has 0 aromatic heterocycles. The maximum absolute atomic E-state index is 11.4. The van der Waals surface area contributed by atoms with Gasteiger partial charge >= 0.3 is 11.8 Å². The number of aryl methyl sites for hydroxylation is 1. The molecule has 2 rings (SSSR count). The molecule has 0 radical (unpaired) electrons. The van der Waals surface area contributed by atoms with Gasteiger partial charge in [-0.15, -0.1) is 0 Å². The Bertz CT molecular complexity index is 528. The lowest BCUT2D eigenvalue weighted by Gasteiger charge is -2.26. The molecule has 6 nitrogen and oxygen atoms in total. The van der Waals surface area contributed by atoms with Crippen LogP contribution in [0.1, 0.15) is 17.2 Å². The fraction of sp³-hybridized carbons (Fsp3) is 0.385. The van der Waals surface area contributed by atoms with Crippen molar-refractivity contribution in [2.75, 3.05) is 20.8 Å². The van der Waals surface area contributed by atoms with Crippen LogP contribution in [0.5, 0.6) is 11.5 Å². The van der Waals surface area contributed by atoms with Crippen LogP contribution < -0.4 is 20.1 Å². The Balaban J connectivity index is 2.34. The predicted molar refractivity (Wildman–Crippen MR) is 68.2 cm³/mol. The highest BCUT2D eigenvalue weighted by atomic mass is 16.5. The number of methoxy groups -OCH3 is 2. The number of piperazine rings is 1. The molecule has 102 valence electrons. The van der Waals surface area contributed by atoms with Crippen molar-refractivity contribution in [2.45, 2.75) is 13.0 Å². The Morgan fingerprint density at radius 1 is 1.11 bits per heavy atom. The van der Waals surface area contributed by atoms with Gasteiger partial charge in [0, 0.05) is 6.54 Å². The van der Waals surface area contributed by atoms with Gasteiger partial charge in [0.1, 0.15) is 0 Å². The number of benzene rings is 1. The Kier molecular flexibility index (Phi) is 3.59. The van der Waals surface area contributed by atoms with E-state index in [0.717, 1.165) is 11.1 Å². The van der Waals surface area contributed by atoms with Gasteiger partial charge < -0.3 is 20.1 Å². The largest absolute Gasteiger partial charge is 0.493 e. The predicted octanol–water partition coefficient (Wildman–Crippen LogP) is 0.299. The SMILES string of the molecule is COc1cc(C)c(C2CNC(=O)C(=O)N2)cc1OC. The van der Waals surface area contributed by atoms with E-state index < -0.39 is 11.8 Å². The van der Waals surface area contributed by atoms with Gasteiger partial charge in [-0.25, -0.2) is 0 Å². The maximum atomic E-state index is 11.4. The number of ether oxygens (including phenoxy) is 2. The topological polar surface area (TPSA) is 76.7 Å². The second kappa shape index (κ2) is 5.17. The van der Waals surface area contributed by atoms with E-state index in [1.807, 2.05) is 19.1 Å². The van der Waals surface area contributed by atoms with Gasteiger partial charge in [0.2, 0.25) is 0 Å². The third-order valence-electron chi connectivity index (χ3n) is 3.13. The molecule has 1 aliphatic heterocycles. The Morgan fingerprint density at radius 3 is 2.32 bits per heavy atom. The standard InChI is InChI=1S/C13H16N2O4/c1-7-4-10(18-2)11(19-3)5-8(7)9-6-14-12(16)13(17)15-9/h4-5,9H,6H2,1-3H3,(H,14,16)(H,15,17). The van der Waals surface area contributed by atoms with Gasteiger partial charge in [0.15, 0.2) is 11.5 Å². The van der Waals surface area contributed by atoms with E-state index in [0.29, 0.717) is 18.0 Å². The first kappa shape index (κ1) is 13.2. The number of amides is 2. The van der Waals surface area contributed by atoms with Crippen LogP contribution in [-0.4, -0.2) is 32.6 Å². The lowest BCUT2D eigenvalue weighted by atomic mass is 9.99. The van der Waals surface area contributed by atoms with E-state index in [9.17, 15) is 9.59 Å². The molecule has 19 heavy (non-hydrogen) atoms. The molecular formula is C13H16N2O4. The molecule has 1 fully saturated rings. The molecule has 1 aliphatic rings. The summed E-state index contributed by atoms with van der Waals surface area (Å²) in [6.45, 7) is 2.28. The third-order valence-corrected chi connectivity index (χ3v) is 3.13. The second-order valence-electron chi connectivity index (χ2n) is 4.30. The van der Waals surface area contributed by atoms with Crippen LogP contribution in [0.3, 0.4) is 0 Å². The number of nitrogens with one attached hydrogen (secondary N) is 2. The molecule has 0 aliphatic carbocycles. The maximum Gasteiger partial charge on any atom is 0.309 e. The van der Waals surface area contributed by atoms with E-state index in [-0.39, 0.29) is 6.04 Å². The Labute approximate surface area is 111 Å². The zero-order valence-electron chi connectivity index (χ0n) is 11.1. The molecule has 6 heteroatoms. The van der Waals surface area contributed by atoms with Gasteiger partial charge in [-0.1, -0.05) is 0 Å². The summed E-state index contributed by atoms with van der Waals surface area (Å²) in [7, 11) is 3.12. The normalized spacial score (nSPS) is 18.6. The Hall–Kier alpha value is -2.24. The summed E-state index contributed by atoms with van der Waals surface area (Å²) in [4.78, 5) is 22.5. The van der Waals surface area contributed by atoms with Crippen LogP contribution in [0.4, 0.5) is 0 Å². The quantitative estimate of drug-likeness (QED) is 0.770. The molecule has 1 heterocycles. The number of rotatable bonds is 3. The minimum absolute atomic E-state index is 0.259. The number of carbonyl (C=O) groups excluding carboxylic acids is 2. The van der Waals surface area contributed by atoms with Crippen molar-refractivity contribution in [2.24, 2.45) is 0 Å². The van der Waals surface area contributed by atoms with Crippen LogP contribution in [0.25, 0.3) is 0 Å².